The van der Waals surface area contributed by atoms with Gasteiger partial charge < -0.3 is 4.74 Å². The molecule has 116 valence electrons. The van der Waals surface area contributed by atoms with Crippen molar-refractivity contribution in [3.05, 3.63) is 58.6 Å². The summed E-state index contributed by atoms with van der Waals surface area (Å²) in [7, 11) is -3.58. The van der Waals surface area contributed by atoms with Gasteiger partial charge in [-0.3, -0.25) is 4.79 Å². The van der Waals surface area contributed by atoms with Crippen LogP contribution in [0, 0.1) is 6.92 Å². The van der Waals surface area contributed by atoms with Crippen molar-refractivity contribution < 1.29 is 17.9 Å². The normalized spacial score (nSPS) is 11.0. The molecule has 2 rings (SSSR count). The number of halogens is 1. The van der Waals surface area contributed by atoms with Gasteiger partial charge in [-0.2, -0.15) is 0 Å². The van der Waals surface area contributed by atoms with Crippen molar-refractivity contribution in [1.82, 2.24) is 4.72 Å². The number of amides is 1. The number of sulfonamides is 1. The zero-order chi connectivity index (χ0) is 16.3. The molecule has 0 saturated carbocycles. The van der Waals surface area contributed by atoms with Crippen LogP contribution in [0.4, 0.5) is 0 Å². The van der Waals surface area contributed by atoms with Gasteiger partial charge in [-0.05, 0) is 55.0 Å². The van der Waals surface area contributed by atoms with E-state index in [9.17, 15) is 13.2 Å². The van der Waals surface area contributed by atoms with Gasteiger partial charge in [-0.1, -0.05) is 11.6 Å². The minimum absolute atomic E-state index is 0.227. The Kier molecular flexibility index (Phi) is 4.73. The Morgan fingerprint density at radius 2 is 1.77 bits per heavy atom. The van der Waals surface area contributed by atoms with Gasteiger partial charge in [-0.15, -0.1) is 0 Å². The van der Waals surface area contributed by atoms with Crippen LogP contribution in [0.3, 0.4) is 0 Å². The third-order valence-electron chi connectivity index (χ3n) is 2.76. The van der Waals surface area contributed by atoms with E-state index in [0.29, 0.717) is 16.5 Å². The number of carbonyl (C=O) groups excluding carboxylic acids is 1. The fourth-order valence-electron chi connectivity index (χ4n) is 1.76. The summed E-state index contributed by atoms with van der Waals surface area (Å²) in [6, 6.07) is 11.4. The van der Waals surface area contributed by atoms with E-state index >= 15 is 0 Å². The molecule has 0 aromatic heterocycles. The smallest absolute Gasteiger partial charge is 0.264 e. The van der Waals surface area contributed by atoms with Crippen molar-refractivity contribution in [2.24, 2.45) is 0 Å². The zero-order valence-electron chi connectivity index (χ0n) is 12.0. The Morgan fingerprint density at radius 3 is 2.32 bits per heavy atom. The molecular formula is C15H14ClNO4S. The highest BCUT2D eigenvalue weighted by atomic mass is 35.5. The number of benzene rings is 2. The van der Waals surface area contributed by atoms with E-state index in [2.05, 4.69) is 0 Å². The third kappa shape index (κ3) is 4.47. The Morgan fingerprint density at radius 1 is 1.14 bits per heavy atom. The second kappa shape index (κ2) is 6.37. The van der Waals surface area contributed by atoms with Crippen molar-refractivity contribution in [3.63, 3.8) is 0 Å². The number of rotatable bonds is 4. The van der Waals surface area contributed by atoms with Crippen molar-refractivity contribution in [3.8, 4) is 11.5 Å². The molecule has 0 heterocycles. The Bertz CT molecular complexity index is 801. The van der Waals surface area contributed by atoms with Crippen molar-refractivity contribution in [2.45, 2.75) is 6.92 Å². The molecule has 5 nitrogen and oxygen atoms in total. The largest absolute Gasteiger partial charge is 0.457 e. The third-order valence-corrected chi connectivity index (χ3v) is 3.55. The Balaban J connectivity index is 2.13. The van der Waals surface area contributed by atoms with Crippen LogP contribution in [-0.4, -0.2) is 20.6 Å². The molecule has 0 aliphatic heterocycles. The molecule has 0 atom stereocenters. The predicted molar refractivity (Wildman–Crippen MR) is 85.0 cm³/mol. The molecule has 0 aliphatic rings. The fraction of sp³-hybridized carbons (Fsp3) is 0.133. The van der Waals surface area contributed by atoms with Gasteiger partial charge in [-0.25, -0.2) is 13.1 Å². The summed E-state index contributed by atoms with van der Waals surface area (Å²) >= 11 is 5.88. The molecule has 0 radical (unpaired) electrons. The lowest BCUT2D eigenvalue weighted by Crippen LogP contribution is -2.29. The van der Waals surface area contributed by atoms with E-state index in [1.54, 1.807) is 30.3 Å². The number of hydrogen-bond donors (Lipinski definition) is 1. The number of aryl methyl sites for hydroxylation is 1. The minimum Gasteiger partial charge on any atom is -0.457 e. The standard InChI is InChI=1S/C15H14ClNO4S/c1-10-9-12(16)5-8-14(10)21-13-6-3-11(4-7-13)15(18)17-22(2,19)20/h3-9H,1-2H3,(H,17,18). The molecule has 0 unspecified atom stereocenters. The number of ether oxygens (including phenoxy) is 1. The van der Waals surface area contributed by atoms with Crippen LogP contribution in [0.2, 0.25) is 5.02 Å². The van der Waals surface area contributed by atoms with Gasteiger partial charge in [0.2, 0.25) is 10.0 Å². The van der Waals surface area contributed by atoms with Crippen molar-refractivity contribution >= 4 is 27.5 Å². The van der Waals surface area contributed by atoms with Gasteiger partial charge in [0, 0.05) is 10.6 Å². The molecule has 7 heteroatoms. The number of nitrogens with one attached hydrogen (secondary N) is 1. The summed E-state index contributed by atoms with van der Waals surface area (Å²) in [6.07, 6.45) is 0.922. The average molecular weight is 340 g/mol. The van der Waals surface area contributed by atoms with Crippen LogP contribution < -0.4 is 9.46 Å². The van der Waals surface area contributed by atoms with Gasteiger partial charge in [0.05, 0.1) is 6.26 Å². The zero-order valence-corrected chi connectivity index (χ0v) is 13.5. The summed E-state index contributed by atoms with van der Waals surface area (Å²) in [5.74, 6) is 0.496. The predicted octanol–water partition coefficient (Wildman–Crippen LogP) is 3.13. The lowest BCUT2D eigenvalue weighted by atomic mass is 10.2. The first-order valence-electron chi connectivity index (χ1n) is 6.31. The van der Waals surface area contributed by atoms with Crippen LogP contribution in [0.25, 0.3) is 0 Å². The molecule has 0 saturated heterocycles. The van der Waals surface area contributed by atoms with Gasteiger partial charge in [0.25, 0.3) is 5.91 Å². The summed E-state index contributed by atoms with van der Waals surface area (Å²) in [4.78, 5) is 11.7. The molecule has 0 bridgehead atoms. The van der Waals surface area contributed by atoms with Gasteiger partial charge >= 0.3 is 0 Å². The molecular weight excluding hydrogens is 326 g/mol. The lowest BCUT2D eigenvalue weighted by molar-refractivity contribution is 0.0981. The first-order chi connectivity index (χ1) is 10.2. The van der Waals surface area contributed by atoms with E-state index in [1.807, 2.05) is 11.6 Å². The lowest BCUT2D eigenvalue weighted by Gasteiger charge is -2.09. The topological polar surface area (TPSA) is 72.5 Å². The molecule has 0 aliphatic carbocycles. The quantitative estimate of drug-likeness (QED) is 0.928. The van der Waals surface area contributed by atoms with Gasteiger partial charge in [0.15, 0.2) is 0 Å². The maximum absolute atomic E-state index is 11.7. The summed E-state index contributed by atoms with van der Waals surface area (Å²) in [6.45, 7) is 1.87. The Labute approximate surface area is 133 Å². The first-order valence-corrected chi connectivity index (χ1v) is 8.58. The highest BCUT2D eigenvalue weighted by Gasteiger charge is 2.11. The Hall–Kier alpha value is -2.05. The highest BCUT2D eigenvalue weighted by molar-refractivity contribution is 7.89. The highest BCUT2D eigenvalue weighted by Crippen LogP contribution is 2.27. The van der Waals surface area contributed by atoms with E-state index in [4.69, 9.17) is 16.3 Å². The van der Waals surface area contributed by atoms with E-state index in [0.717, 1.165) is 11.8 Å². The number of hydrogen-bond acceptors (Lipinski definition) is 4. The number of carbonyl (C=O) groups is 1. The second-order valence-corrected chi connectivity index (χ2v) is 6.92. The molecule has 2 aromatic rings. The monoisotopic (exact) mass is 339 g/mol. The van der Waals surface area contributed by atoms with Crippen LogP contribution >= 0.6 is 11.6 Å². The van der Waals surface area contributed by atoms with E-state index in [-0.39, 0.29) is 5.56 Å². The SMILES string of the molecule is Cc1cc(Cl)ccc1Oc1ccc(C(=O)NS(C)(=O)=O)cc1. The summed E-state index contributed by atoms with van der Waals surface area (Å²) in [5, 5.41) is 0.623. The molecule has 0 fully saturated rings. The molecule has 0 spiro atoms. The van der Waals surface area contributed by atoms with Crippen LogP contribution in [0.15, 0.2) is 42.5 Å². The maximum atomic E-state index is 11.7. The molecule has 1 amide bonds. The molecule has 1 N–H and O–H groups in total. The minimum atomic E-state index is -3.58. The van der Waals surface area contributed by atoms with Crippen LogP contribution in [0.5, 0.6) is 11.5 Å². The average Bonchev–Trinajstić information content (AvgIpc) is 2.41. The van der Waals surface area contributed by atoms with Crippen LogP contribution in [0.1, 0.15) is 15.9 Å². The van der Waals surface area contributed by atoms with Gasteiger partial charge in [0.1, 0.15) is 11.5 Å². The fourth-order valence-corrected chi connectivity index (χ4v) is 2.44. The maximum Gasteiger partial charge on any atom is 0.264 e. The van der Waals surface area contributed by atoms with Crippen LogP contribution in [-0.2, 0) is 10.0 Å². The van der Waals surface area contributed by atoms with E-state index in [1.165, 1.54) is 12.1 Å². The molecule has 22 heavy (non-hydrogen) atoms. The summed E-state index contributed by atoms with van der Waals surface area (Å²) < 4.78 is 29.6. The van der Waals surface area contributed by atoms with Crippen molar-refractivity contribution in [2.75, 3.05) is 6.26 Å². The first kappa shape index (κ1) is 16.3. The summed E-state index contributed by atoms with van der Waals surface area (Å²) in [5.41, 5.74) is 1.11. The van der Waals surface area contributed by atoms with E-state index < -0.39 is 15.9 Å². The van der Waals surface area contributed by atoms with Crippen molar-refractivity contribution in [1.29, 1.82) is 0 Å². The molecule has 2 aromatic carbocycles. The second-order valence-electron chi connectivity index (χ2n) is 4.74.